The topological polar surface area (TPSA) is 188 Å². The summed E-state index contributed by atoms with van der Waals surface area (Å²) in [6.07, 6.45) is 0.621. The quantitative estimate of drug-likeness (QED) is 0.154. The lowest BCUT2D eigenvalue weighted by Gasteiger charge is -2.49. The van der Waals surface area contributed by atoms with Crippen LogP contribution in [-0.4, -0.2) is 87.1 Å². The number of aliphatic hydroxyl groups excluding tert-OH is 1. The van der Waals surface area contributed by atoms with Crippen molar-refractivity contribution < 1.29 is 34.5 Å². The molecule has 0 saturated carbocycles. The Morgan fingerprint density at radius 1 is 1.16 bits per heavy atom. The Morgan fingerprint density at radius 3 is 2.63 bits per heavy atom. The van der Waals surface area contributed by atoms with E-state index in [1.165, 1.54) is 28.4 Å². The summed E-state index contributed by atoms with van der Waals surface area (Å²) in [5.41, 5.74) is 0.799. The molecular formula is C23H26N6O7S2. The number of carbonyl (C=O) groups is 4. The van der Waals surface area contributed by atoms with Gasteiger partial charge < -0.3 is 20.6 Å². The van der Waals surface area contributed by atoms with E-state index in [9.17, 15) is 29.4 Å². The van der Waals surface area contributed by atoms with E-state index in [4.69, 9.17) is 5.11 Å². The molecule has 1 saturated heterocycles. The van der Waals surface area contributed by atoms with E-state index in [1.54, 1.807) is 35.0 Å². The number of aliphatic carboxylic acids is 2. The number of hydrogen-bond donors (Lipinski definition) is 4. The molecule has 202 valence electrons. The van der Waals surface area contributed by atoms with E-state index in [0.29, 0.717) is 47.9 Å². The fraction of sp³-hybridized carbons (Fsp3) is 0.435. The summed E-state index contributed by atoms with van der Waals surface area (Å²) in [6.45, 7) is 0.497. The molecule has 38 heavy (non-hydrogen) atoms. The largest absolute Gasteiger partial charge is 0.481 e. The smallest absolute Gasteiger partial charge is 0.352 e. The summed E-state index contributed by atoms with van der Waals surface area (Å²) < 4.78 is 1.59. The number of rotatable bonds is 13. The average Bonchev–Trinajstić information content (AvgIpc) is 3.36. The lowest BCUT2D eigenvalue weighted by molar-refractivity contribution is -0.151. The van der Waals surface area contributed by atoms with Crippen LogP contribution >= 0.6 is 23.5 Å². The zero-order valence-electron chi connectivity index (χ0n) is 20.1. The Morgan fingerprint density at radius 2 is 1.92 bits per heavy atom. The van der Waals surface area contributed by atoms with Crippen molar-refractivity contribution in [1.82, 2.24) is 30.4 Å². The Balaban J connectivity index is 1.36. The van der Waals surface area contributed by atoms with E-state index >= 15 is 0 Å². The normalized spacial score (nSPS) is 19.5. The van der Waals surface area contributed by atoms with Crippen LogP contribution < -0.4 is 5.32 Å². The number of aryl methyl sites for hydroxylation is 1. The van der Waals surface area contributed by atoms with Crippen LogP contribution in [0.3, 0.4) is 0 Å². The number of aromatic nitrogens is 4. The highest BCUT2D eigenvalue weighted by atomic mass is 32.2. The maximum atomic E-state index is 12.9. The molecule has 4 N–H and O–H groups in total. The number of benzene rings is 1. The van der Waals surface area contributed by atoms with Gasteiger partial charge in [-0.15, -0.1) is 16.9 Å². The summed E-state index contributed by atoms with van der Waals surface area (Å²) in [5.74, 6) is -2.79. The molecule has 15 heteroatoms. The van der Waals surface area contributed by atoms with Crippen LogP contribution in [0, 0.1) is 0 Å². The Bertz CT molecular complexity index is 1240. The van der Waals surface area contributed by atoms with Gasteiger partial charge in [-0.05, 0) is 34.4 Å². The molecule has 4 rings (SSSR count). The van der Waals surface area contributed by atoms with Crippen molar-refractivity contribution in [3.63, 3.8) is 0 Å². The molecule has 0 radical (unpaired) electrons. The predicted molar refractivity (Wildman–Crippen MR) is 136 cm³/mol. The van der Waals surface area contributed by atoms with Gasteiger partial charge in [-0.1, -0.05) is 48.5 Å². The van der Waals surface area contributed by atoms with Gasteiger partial charge in [0, 0.05) is 24.5 Å². The number of fused-ring (bicyclic) bond motifs is 1. The number of thioether (sulfide) groups is 2. The van der Waals surface area contributed by atoms with E-state index in [0.717, 1.165) is 0 Å². The van der Waals surface area contributed by atoms with Gasteiger partial charge in [-0.3, -0.25) is 19.3 Å². The second-order valence-electron chi connectivity index (χ2n) is 8.64. The zero-order valence-corrected chi connectivity index (χ0v) is 21.7. The first-order valence-electron chi connectivity index (χ1n) is 11.8. The molecule has 2 aromatic rings. The molecule has 0 spiro atoms. The third-order valence-corrected chi connectivity index (χ3v) is 8.43. The van der Waals surface area contributed by atoms with Crippen molar-refractivity contribution in [1.29, 1.82) is 0 Å². The molecule has 2 aliphatic heterocycles. The molecule has 1 fully saturated rings. The second kappa shape index (κ2) is 12.4. The van der Waals surface area contributed by atoms with Gasteiger partial charge in [-0.2, -0.15) is 0 Å². The van der Waals surface area contributed by atoms with Gasteiger partial charge in [0.25, 0.3) is 11.8 Å². The summed E-state index contributed by atoms with van der Waals surface area (Å²) in [7, 11) is 0. The number of nitrogens with one attached hydrogen (secondary N) is 1. The first-order chi connectivity index (χ1) is 18.3. The van der Waals surface area contributed by atoms with Gasteiger partial charge in [0.2, 0.25) is 5.16 Å². The van der Waals surface area contributed by atoms with Crippen molar-refractivity contribution in [2.24, 2.45) is 0 Å². The van der Waals surface area contributed by atoms with Crippen molar-refractivity contribution in [2.45, 2.75) is 54.9 Å². The maximum absolute atomic E-state index is 12.9. The maximum Gasteiger partial charge on any atom is 0.352 e. The van der Waals surface area contributed by atoms with Crippen molar-refractivity contribution >= 4 is 47.3 Å². The van der Waals surface area contributed by atoms with Crippen molar-refractivity contribution in [3.8, 4) is 0 Å². The molecule has 1 aromatic carbocycles. The molecule has 2 aliphatic rings. The summed E-state index contributed by atoms with van der Waals surface area (Å²) in [4.78, 5) is 49.3. The lowest BCUT2D eigenvalue weighted by Crippen LogP contribution is -2.70. The van der Waals surface area contributed by atoms with Crippen LogP contribution in [0.25, 0.3) is 0 Å². The molecule has 1 unspecified atom stereocenters. The lowest BCUT2D eigenvalue weighted by atomic mass is 10.0. The minimum absolute atomic E-state index is 0.107. The first-order valence-corrected chi connectivity index (χ1v) is 13.9. The third-order valence-electron chi connectivity index (χ3n) is 6.05. The number of nitrogens with zero attached hydrogens (tertiary/aromatic N) is 5. The molecular weight excluding hydrogens is 536 g/mol. The molecule has 2 amide bonds. The van der Waals surface area contributed by atoms with Gasteiger partial charge in [-0.25, -0.2) is 9.48 Å². The fourth-order valence-electron chi connectivity index (χ4n) is 4.12. The van der Waals surface area contributed by atoms with Crippen LogP contribution in [-0.2, 0) is 25.7 Å². The Kier molecular flexibility index (Phi) is 9.01. The average molecular weight is 563 g/mol. The number of carbonyl (C=O) groups excluding carboxylic acids is 2. The van der Waals surface area contributed by atoms with Gasteiger partial charge in [0.05, 0.1) is 0 Å². The number of β-lactam (4-membered cyclic amide) rings is 1. The van der Waals surface area contributed by atoms with Crippen molar-refractivity contribution in [2.75, 3.05) is 11.5 Å². The first kappa shape index (κ1) is 27.6. The van der Waals surface area contributed by atoms with Crippen LogP contribution in [0.2, 0.25) is 0 Å². The predicted octanol–water partition coefficient (Wildman–Crippen LogP) is 0.882. The van der Waals surface area contributed by atoms with Crippen LogP contribution in [0.5, 0.6) is 0 Å². The number of carboxylic acid groups (broad SMARTS) is 2. The molecule has 3 heterocycles. The number of carboxylic acids is 2. The van der Waals surface area contributed by atoms with Gasteiger partial charge >= 0.3 is 11.9 Å². The summed E-state index contributed by atoms with van der Waals surface area (Å²) in [5, 5.41) is 43.0. The molecule has 1 aromatic heterocycles. The number of tetrazole rings is 1. The minimum Gasteiger partial charge on any atom is -0.481 e. The number of amides is 2. The van der Waals surface area contributed by atoms with Gasteiger partial charge in [0.1, 0.15) is 17.1 Å². The highest BCUT2D eigenvalue weighted by molar-refractivity contribution is 8.01. The zero-order chi connectivity index (χ0) is 27.2. The molecule has 0 bridgehead atoms. The monoisotopic (exact) mass is 562 g/mol. The number of hydrogen-bond acceptors (Lipinski definition) is 10. The van der Waals surface area contributed by atoms with E-state index < -0.39 is 41.3 Å². The summed E-state index contributed by atoms with van der Waals surface area (Å²) >= 11 is 2.58. The fourth-order valence-corrected chi connectivity index (χ4v) is 6.51. The minimum atomic E-state index is -1.45. The molecule has 3 atom stereocenters. The summed E-state index contributed by atoms with van der Waals surface area (Å²) in [6, 6.07) is 7.37. The van der Waals surface area contributed by atoms with E-state index in [2.05, 4.69) is 20.8 Å². The van der Waals surface area contributed by atoms with Crippen molar-refractivity contribution in [3.05, 3.63) is 47.2 Å². The van der Waals surface area contributed by atoms with Crippen LogP contribution in [0.15, 0.2) is 46.8 Å². The Hall–Kier alpha value is -3.43. The van der Waals surface area contributed by atoms with Crippen LogP contribution in [0.4, 0.5) is 0 Å². The Labute approximate surface area is 225 Å². The second-order valence-corrected chi connectivity index (χ2v) is 10.7. The SMILES string of the molecule is O=C(O)CCCCCn1nnnc1SCC1=C(C(=O)O)N2C(=O)C(NC(=O)[C@H](O)c3ccccc3)[C@H]2SC1. The number of aliphatic hydroxyl groups is 1. The molecule has 0 aliphatic carbocycles. The molecule has 13 nitrogen and oxygen atoms in total. The van der Waals surface area contributed by atoms with E-state index in [-0.39, 0.29) is 17.9 Å². The number of unbranched alkanes of at least 4 members (excludes halogenated alkanes) is 2. The standard InChI is InChI=1S/C23H26N6O7S2/c30-15(31)9-5-2-6-10-28-23(25-26-27-28)38-12-14-11-37-21-16(20(34)29(21)17(14)22(35)36)24-19(33)18(32)13-7-3-1-4-8-13/h1,3-4,7-8,16,18,21,32H,2,5-6,9-12H2,(H,24,33)(H,30,31)(H,35,36)/t16?,18-,21-/m1/s1. The highest BCUT2D eigenvalue weighted by Gasteiger charge is 2.54. The van der Waals surface area contributed by atoms with Gasteiger partial charge in [0.15, 0.2) is 6.10 Å². The third kappa shape index (κ3) is 6.16. The van der Waals surface area contributed by atoms with E-state index in [1.807, 2.05) is 0 Å². The van der Waals surface area contributed by atoms with Crippen LogP contribution in [0.1, 0.15) is 37.4 Å². The highest BCUT2D eigenvalue weighted by Crippen LogP contribution is 2.41.